The molecule has 2 aromatic rings. The largest absolute Gasteiger partial charge is 0.396 e. The first kappa shape index (κ1) is 17.3. The van der Waals surface area contributed by atoms with E-state index in [1.807, 2.05) is 0 Å². The Hall–Kier alpha value is -1.49. The summed E-state index contributed by atoms with van der Waals surface area (Å²) in [6, 6.07) is 15.0. The minimum absolute atomic E-state index is 0.0321. The Balaban J connectivity index is 2.08. The Morgan fingerprint density at radius 1 is 0.833 bits per heavy atom. The zero-order valence-electron chi connectivity index (χ0n) is 13.9. The van der Waals surface area contributed by atoms with E-state index in [1.54, 1.807) is 0 Å². The fourth-order valence-corrected chi connectivity index (χ4v) is 5.53. The molecule has 3 nitrogen and oxygen atoms in total. The Morgan fingerprint density at radius 2 is 1.62 bits per heavy atom. The third kappa shape index (κ3) is 3.77. The van der Waals surface area contributed by atoms with Crippen molar-refractivity contribution in [2.45, 2.75) is 37.0 Å². The van der Waals surface area contributed by atoms with Crippen LogP contribution in [0, 0.1) is 4.51 Å². The fourth-order valence-electron chi connectivity index (χ4n) is 3.10. The maximum Gasteiger partial charge on any atom is 0.0800 e. The molecule has 0 aromatic heterocycles. The highest BCUT2D eigenvalue weighted by molar-refractivity contribution is 8.09. The van der Waals surface area contributed by atoms with Crippen molar-refractivity contribution in [2.24, 2.45) is 4.99 Å². The quantitative estimate of drug-likeness (QED) is 0.568. The molecular formula is C20H25NO2S. The van der Waals surface area contributed by atoms with Crippen molar-refractivity contribution in [3.8, 4) is 0 Å². The molecule has 128 valence electrons. The number of aliphatic hydroxyl groups excluding tert-OH is 2. The van der Waals surface area contributed by atoms with Crippen LogP contribution >= 0.6 is 10.5 Å². The van der Waals surface area contributed by atoms with Gasteiger partial charge in [0.05, 0.1) is 11.0 Å². The summed E-state index contributed by atoms with van der Waals surface area (Å²) in [4.78, 5) is 6.29. The van der Waals surface area contributed by atoms with Gasteiger partial charge in [-0.25, -0.2) is 4.99 Å². The number of unbranched alkanes of at least 4 members (excludes halogenated alkanes) is 2. The molecule has 2 N–H and O–H groups in total. The van der Waals surface area contributed by atoms with Gasteiger partial charge in [0.25, 0.3) is 0 Å². The van der Waals surface area contributed by atoms with Crippen LogP contribution in [0.4, 0.5) is 5.69 Å². The first-order chi connectivity index (χ1) is 11.8. The summed E-state index contributed by atoms with van der Waals surface area (Å²) in [5, 5.41) is 19.3. The van der Waals surface area contributed by atoms with E-state index in [9.17, 15) is 0 Å². The average Bonchev–Trinajstić information content (AvgIpc) is 2.62. The molecule has 0 radical (unpaired) electrons. The van der Waals surface area contributed by atoms with E-state index in [0.717, 1.165) is 48.9 Å². The number of para-hydroxylation sites is 2. The molecule has 24 heavy (non-hydrogen) atoms. The standard InChI is InChI=1S/C20H25NO2S/c22-13-4-3-8-16-9-7-12-19-20(16)21-17-10-1-2-11-18(17)24(19)15-6-5-14-23/h1-2,7,9-12,22-23H,3-6,8,13-15H2. The second kappa shape index (κ2) is 8.56. The Bertz CT molecular complexity index is 817. The van der Waals surface area contributed by atoms with Crippen LogP contribution in [0.2, 0.25) is 0 Å². The van der Waals surface area contributed by atoms with Crippen LogP contribution in [0.15, 0.2) is 52.4 Å². The predicted molar refractivity (Wildman–Crippen MR) is 99.6 cm³/mol. The predicted octanol–water partition coefficient (Wildman–Crippen LogP) is 3.62. The van der Waals surface area contributed by atoms with Crippen LogP contribution in [0.25, 0.3) is 0 Å². The number of benzene rings is 2. The van der Waals surface area contributed by atoms with E-state index < -0.39 is 0 Å². The number of nitrogens with zero attached hydrogens (tertiary/aromatic N) is 1. The van der Waals surface area contributed by atoms with Crippen LogP contribution in [-0.2, 0) is 6.42 Å². The van der Waals surface area contributed by atoms with E-state index >= 15 is 0 Å². The van der Waals surface area contributed by atoms with E-state index in [4.69, 9.17) is 15.2 Å². The third-order valence-electron chi connectivity index (χ3n) is 4.32. The Labute approximate surface area is 145 Å². The topological polar surface area (TPSA) is 52.8 Å². The minimum atomic E-state index is 0.0321. The van der Waals surface area contributed by atoms with Gasteiger partial charge in [0, 0.05) is 22.6 Å². The van der Waals surface area contributed by atoms with E-state index in [2.05, 4.69) is 42.5 Å². The zero-order chi connectivity index (χ0) is 16.8. The number of rotatable bonds is 8. The lowest BCUT2D eigenvalue weighted by Gasteiger charge is -2.17. The van der Waals surface area contributed by atoms with Crippen LogP contribution in [-0.4, -0.2) is 29.2 Å². The molecule has 0 spiro atoms. The fraction of sp³-hybridized carbons (Fsp3) is 0.400. The van der Waals surface area contributed by atoms with Crippen molar-refractivity contribution in [3.05, 3.63) is 57.9 Å². The maximum absolute atomic E-state index is 9.12. The van der Waals surface area contributed by atoms with Crippen molar-refractivity contribution >= 4 is 16.2 Å². The molecule has 2 aromatic carbocycles. The maximum atomic E-state index is 9.12. The molecule has 4 heteroatoms. The molecule has 0 amide bonds. The van der Waals surface area contributed by atoms with E-state index in [-0.39, 0.29) is 23.7 Å². The lowest BCUT2D eigenvalue weighted by Crippen LogP contribution is -2.14. The van der Waals surface area contributed by atoms with Gasteiger partial charge < -0.3 is 10.2 Å². The lowest BCUT2D eigenvalue weighted by atomic mass is 10.1. The molecule has 1 unspecified atom stereocenters. The van der Waals surface area contributed by atoms with Gasteiger partial charge in [-0.3, -0.25) is 0 Å². The summed E-state index contributed by atoms with van der Waals surface area (Å²) in [5.41, 5.74) is 2.38. The highest BCUT2D eigenvalue weighted by atomic mass is 32.2. The van der Waals surface area contributed by atoms with Crippen LogP contribution < -0.4 is 5.36 Å². The number of aryl methyl sites for hydroxylation is 1. The van der Waals surface area contributed by atoms with Gasteiger partial charge in [0.1, 0.15) is 0 Å². The summed E-state index contributed by atoms with van der Waals surface area (Å²) < 4.78 is 1.34. The van der Waals surface area contributed by atoms with Crippen molar-refractivity contribution < 1.29 is 10.2 Å². The SMILES string of the molecule is OCCCCc1cccc2c1=Nc1ccccc1S=2CCCCO. The molecule has 0 saturated carbocycles. The minimum Gasteiger partial charge on any atom is -0.396 e. The number of hydrogen-bond acceptors (Lipinski definition) is 3. The highest BCUT2D eigenvalue weighted by Crippen LogP contribution is 2.39. The molecule has 0 saturated heterocycles. The van der Waals surface area contributed by atoms with Crippen LogP contribution in [0.3, 0.4) is 0 Å². The summed E-state index contributed by atoms with van der Waals surface area (Å²) >= 11 is 0. The smallest absolute Gasteiger partial charge is 0.0800 e. The van der Waals surface area contributed by atoms with Gasteiger partial charge >= 0.3 is 0 Å². The van der Waals surface area contributed by atoms with Crippen molar-refractivity contribution in [3.63, 3.8) is 0 Å². The molecule has 1 heterocycles. The monoisotopic (exact) mass is 343 g/mol. The average molecular weight is 343 g/mol. The first-order valence-electron chi connectivity index (χ1n) is 8.70. The molecule has 1 atom stereocenters. The summed E-state index contributed by atoms with van der Waals surface area (Å²) in [7, 11) is 0.0321. The number of aliphatic hydroxyl groups is 2. The van der Waals surface area contributed by atoms with Crippen LogP contribution in [0.5, 0.6) is 0 Å². The van der Waals surface area contributed by atoms with E-state index in [0.29, 0.717) is 0 Å². The number of hydrogen-bond donors (Lipinski definition) is 2. The number of fused-ring (bicyclic) bond motifs is 2. The lowest BCUT2D eigenvalue weighted by molar-refractivity contribution is 0.284. The molecule has 0 bridgehead atoms. The second-order valence-electron chi connectivity index (χ2n) is 6.05. The summed E-state index contributed by atoms with van der Waals surface area (Å²) in [6.45, 7) is 0.512. The molecule has 0 aliphatic carbocycles. The molecule has 1 aliphatic rings. The van der Waals surface area contributed by atoms with Gasteiger partial charge in [-0.05, 0) is 61.6 Å². The van der Waals surface area contributed by atoms with Gasteiger partial charge in [-0.15, -0.1) is 10.5 Å². The summed E-state index contributed by atoms with van der Waals surface area (Å²) in [6.07, 6.45) is 4.67. The van der Waals surface area contributed by atoms with Crippen LogP contribution in [0.1, 0.15) is 31.2 Å². The Morgan fingerprint density at radius 3 is 2.46 bits per heavy atom. The Kier molecular flexibility index (Phi) is 6.18. The molecule has 0 fully saturated rings. The van der Waals surface area contributed by atoms with Crippen molar-refractivity contribution in [2.75, 3.05) is 19.0 Å². The molecular weight excluding hydrogens is 318 g/mol. The third-order valence-corrected chi connectivity index (χ3v) is 6.76. The van der Waals surface area contributed by atoms with Gasteiger partial charge in [-0.2, -0.15) is 0 Å². The van der Waals surface area contributed by atoms with Gasteiger partial charge in [-0.1, -0.05) is 24.3 Å². The second-order valence-corrected chi connectivity index (χ2v) is 8.12. The summed E-state index contributed by atoms with van der Waals surface area (Å²) in [5.74, 6) is 1.07. The highest BCUT2D eigenvalue weighted by Gasteiger charge is 2.13. The first-order valence-corrected chi connectivity index (χ1v) is 10.1. The van der Waals surface area contributed by atoms with Crippen molar-refractivity contribution in [1.29, 1.82) is 0 Å². The zero-order valence-corrected chi connectivity index (χ0v) is 14.8. The molecule has 3 rings (SSSR count). The van der Waals surface area contributed by atoms with Crippen molar-refractivity contribution in [1.82, 2.24) is 0 Å². The normalized spacial score (nSPS) is 15.5. The van der Waals surface area contributed by atoms with Gasteiger partial charge in [0.15, 0.2) is 0 Å². The van der Waals surface area contributed by atoms with E-state index in [1.165, 1.54) is 15.0 Å². The molecule has 1 aliphatic heterocycles. The van der Waals surface area contributed by atoms with Gasteiger partial charge in [0.2, 0.25) is 0 Å².